The SMILES string of the molecule is Cc1cc([N+](=O)[O-])c(C)cc1OCCCCC(=O)O. The molecule has 1 aromatic carbocycles. The average Bonchev–Trinajstić information content (AvgIpc) is 2.31. The predicted octanol–water partition coefficient (Wildman–Crippen LogP) is 2.85. The van der Waals surface area contributed by atoms with E-state index in [2.05, 4.69) is 0 Å². The highest BCUT2D eigenvalue weighted by molar-refractivity contribution is 5.66. The second-order valence-electron chi connectivity index (χ2n) is 4.36. The number of rotatable bonds is 7. The van der Waals surface area contributed by atoms with E-state index >= 15 is 0 Å². The van der Waals surface area contributed by atoms with Crippen molar-refractivity contribution in [2.45, 2.75) is 33.1 Å². The Morgan fingerprint density at radius 1 is 1.32 bits per heavy atom. The van der Waals surface area contributed by atoms with E-state index in [1.807, 2.05) is 0 Å². The molecule has 1 rings (SSSR count). The van der Waals surface area contributed by atoms with Crippen molar-refractivity contribution in [3.8, 4) is 5.75 Å². The number of nitrogens with zero attached hydrogens (tertiary/aromatic N) is 1. The number of carboxylic acid groups (broad SMARTS) is 1. The van der Waals surface area contributed by atoms with Crippen molar-refractivity contribution in [1.82, 2.24) is 0 Å². The third-order valence-corrected chi connectivity index (χ3v) is 2.73. The molecule has 0 unspecified atom stereocenters. The van der Waals surface area contributed by atoms with E-state index < -0.39 is 10.9 Å². The largest absolute Gasteiger partial charge is 0.493 e. The Morgan fingerprint density at radius 2 is 2.00 bits per heavy atom. The summed E-state index contributed by atoms with van der Waals surface area (Å²) in [7, 11) is 0. The third kappa shape index (κ3) is 4.57. The van der Waals surface area contributed by atoms with Crippen molar-refractivity contribution in [2.24, 2.45) is 0 Å². The van der Waals surface area contributed by atoms with E-state index in [9.17, 15) is 14.9 Å². The van der Waals surface area contributed by atoms with Gasteiger partial charge in [-0.3, -0.25) is 14.9 Å². The van der Waals surface area contributed by atoms with E-state index in [1.165, 1.54) is 6.07 Å². The Balaban J connectivity index is 2.57. The van der Waals surface area contributed by atoms with Gasteiger partial charge in [0, 0.05) is 18.1 Å². The molecule has 19 heavy (non-hydrogen) atoms. The summed E-state index contributed by atoms with van der Waals surface area (Å²) < 4.78 is 5.52. The van der Waals surface area contributed by atoms with Crippen LogP contribution >= 0.6 is 0 Å². The number of carboxylic acids is 1. The monoisotopic (exact) mass is 267 g/mol. The number of benzene rings is 1. The first-order valence-electron chi connectivity index (χ1n) is 6.02. The molecular weight excluding hydrogens is 250 g/mol. The molecule has 1 aromatic rings. The predicted molar refractivity (Wildman–Crippen MR) is 69.6 cm³/mol. The summed E-state index contributed by atoms with van der Waals surface area (Å²) in [6, 6.07) is 3.13. The van der Waals surface area contributed by atoms with Crippen molar-refractivity contribution in [2.75, 3.05) is 6.61 Å². The molecule has 0 aliphatic heterocycles. The summed E-state index contributed by atoms with van der Waals surface area (Å²) in [6.07, 6.45) is 1.32. The number of nitro groups is 1. The topological polar surface area (TPSA) is 89.7 Å². The number of unbranched alkanes of at least 4 members (excludes halogenated alkanes) is 1. The Morgan fingerprint density at radius 3 is 2.58 bits per heavy atom. The molecule has 0 heterocycles. The van der Waals surface area contributed by atoms with Gasteiger partial charge in [0.2, 0.25) is 0 Å². The normalized spacial score (nSPS) is 10.2. The molecule has 0 aromatic heterocycles. The van der Waals surface area contributed by atoms with Crippen LogP contribution in [0.3, 0.4) is 0 Å². The molecule has 0 bridgehead atoms. The molecule has 0 saturated carbocycles. The minimum absolute atomic E-state index is 0.0794. The van der Waals surface area contributed by atoms with E-state index in [1.54, 1.807) is 19.9 Å². The highest BCUT2D eigenvalue weighted by Gasteiger charge is 2.13. The molecule has 0 saturated heterocycles. The molecule has 0 atom stereocenters. The third-order valence-electron chi connectivity index (χ3n) is 2.73. The van der Waals surface area contributed by atoms with Crippen molar-refractivity contribution >= 4 is 11.7 Å². The first-order chi connectivity index (χ1) is 8.91. The van der Waals surface area contributed by atoms with Gasteiger partial charge in [-0.1, -0.05) is 0 Å². The number of aliphatic carboxylic acids is 1. The van der Waals surface area contributed by atoms with Crippen LogP contribution < -0.4 is 4.74 Å². The number of nitro benzene ring substituents is 1. The maximum atomic E-state index is 10.8. The van der Waals surface area contributed by atoms with Crippen LogP contribution in [0.4, 0.5) is 5.69 Å². The van der Waals surface area contributed by atoms with Gasteiger partial charge >= 0.3 is 5.97 Å². The second kappa shape index (κ2) is 6.72. The first kappa shape index (κ1) is 14.9. The van der Waals surface area contributed by atoms with Crippen molar-refractivity contribution in [1.29, 1.82) is 0 Å². The lowest BCUT2D eigenvalue weighted by Crippen LogP contribution is -2.02. The fourth-order valence-electron chi connectivity index (χ4n) is 1.69. The molecule has 0 fully saturated rings. The van der Waals surface area contributed by atoms with Crippen LogP contribution in [-0.4, -0.2) is 22.6 Å². The smallest absolute Gasteiger partial charge is 0.303 e. The molecule has 0 spiro atoms. The van der Waals surface area contributed by atoms with E-state index in [4.69, 9.17) is 9.84 Å². The number of ether oxygens (including phenoxy) is 1. The van der Waals surface area contributed by atoms with E-state index in [0.29, 0.717) is 36.3 Å². The zero-order valence-electron chi connectivity index (χ0n) is 11.0. The molecule has 0 radical (unpaired) electrons. The van der Waals surface area contributed by atoms with Gasteiger partial charge < -0.3 is 9.84 Å². The van der Waals surface area contributed by atoms with Crippen LogP contribution in [0.2, 0.25) is 0 Å². The van der Waals surface area contributed by atoms with Crippen molar-refractivity contribution in [3.63, 3.8) is 0 Å². The lowest BCUT2D eigenvalue weighted by atomic mass is 10.1. The Kier molecular flexibility index (Phi) is 5.29. The molecular formula is C13H17NO5. The zero-order chi connectivity index (χ0) is 14.4. The molecule has 0 aliphatic rings. The van der Waals surface area contributed by atoms with Crippen LogP contribution in [0.15, 0.2) is 12.1 Å². The Labute approximate surface area is 111 Å². The standard InChI is InChI=1S/C13H17NO5/c1-9-8-12(10(2)7-11(9)14(17)18)19-6-4-3-5-13(15)16/h7-8H,3-6H2,1-2H3,(H,15,16). The first-order valence-corrected chi connectivity index (χ1v) is 6.02. The summed E-state index contributed by atoms with van der Waals surface area (Å²) in [5, 5.41) is 19.2. The summed E-state index contributed by atoms with van der Waals surface area (Å²) in [6.45, 7) is 3.82. The molecule has 0 aliphatic carbocycles. The van der Waals surface area contributed by atoms with Crippen LogP contribution in [0.25, 0.3) is 0 Å². The Hall–Kier alpha value is -2.11. The van der Waals surface area contributed by atoms with Crippen molar-refractivity contribution < 1.29 is 19.6 Å². The highest BCUT2D eigenvalue weighted by atomic mass is 16.6. The average molecular weight is 267 g/mol. The maximum Gasteiger partial charge on any atom is 0.303 e. The lowest BCUT2D eigenvalue weighted by molar-refractivity contribution is -0.385. The van der Waals surface area contributed by atoms with Crippen LogP contribution in [-0.2, 0) is 4.79 Å². The fourth-order valence-corrected chi connectivity index (χ4v) is 1.69. The summed E-state index contributed by atoms with van der Waals surface area (Å²) in [5.41, 5.74) is 1.34. The number of hydrogen-bond acceptors (Lipinski definition) is 4. The van der Waals surface area contributed by atoms with Gasteiger partial charge in [-0.15, -0.1) is 0 Å². The van der Waals surface area contributed by atoms with Crippen LogP contribution in [0, 0.1) is 24.0 Å². The lowest BCUT2D eigenvalue weighted by Gasteiger charge is -2.10. The van der Waals surface area contributed by atoms with Crippen LogP contribution in [0.1, 0.15) is 30.4 Å². The molecule has 104 valence electrons. The fraction of sp³-hybridized carbons (Fsp3) is 0.462. The van der Waals surface area contributed by atoms with E-state index in [-0.39, 0.29) is 12.1 Å². The molecule has 1 N–H and O–H groups in total. The summed E-state index contributed by atoms with van der Waals surface area (Å²) in [4.78, 5) is 20.7. The van der Waals surface area contributed by atoms with Gasteiger partial charge in [-0.2, -0.15) is 0 Å². The van der Waals surface area contributed by atoms with Gasteiger partial charge in [0.1, 0.15) is 5.75 Å². The number of carbonyl (C=O) groups is 1. The summed E-state index contributed by atoms with van der Waals surface area (Å²) >= 11 is 0. The number of hydrogen-bond donors (Lipinski definition) is 1. The molecule has 6 heteroatoms. The zero-order valence-corrected chi connectivity index (χ0v) is 11.0. The molecule has 6 nitrogen and oxygen atoms in total. The van der Waals surface area contributed by atoms with Gasteiger partial charge in [0.05, 0.1) is 11.5 Å². The number of aryl methyl sites for hydroxylation is 2. The van der Waals surface area contributed by atoms with Crippen molar-refractivity contribution in [3.05, 3.63) is 33.4 Å². The minimum Gasteiger partial charge on any atom is -0.493 e. The van der Waals surface area contributed by atoms with Gasteiger partial charge in [-0.05, 0) is 38.3 Å². The summed E-state index contributed by atoms with van der Waals surface area (Å²) in [5.74, 6) is -0.208. The highest BCUT2D eigenvalue weighted by Crippen LogP contribution is 2.27. The second-order valence-corrected chi connectivity index (χ2v) is 4.36. The quantitative estimate of drug-likeness (QED) is 0.466. The minimum atomic E-state index is -0.817. The maximum absolute atomic E-state index is 10.8. The molecule has 0 amide bonds. The van der Waals surface area contributed by atoms with Gasteiger partial charge in [0.25, 0.3) is 5.69 Å². The van der Waals surface area contributed by atoms with Gasteiger partial charge in [-0.25, -0.2) is 0 Å². The Bertz CT molecular complexity index is 484. The van der Waals surface area contributed by atoms with E-state index in [0.717, 1.165) is 0 Å². The van der Waals surface area contributed by atoms with Gasteiger partial charge in [0.15, 0.2) is 0 Å². The van der Waals surface area contributed by atoms with Crippen LogP contribution in [0.5, 0.6) is 5.75 Å².